The first-order chi connectivity index (χ1) is 9.08. The fourth-order valence-electron chi connectivity index (χ4n) is 2.22. The van der Waals surface area contributed by atoms with Crippen molar-refractivity contribution in [2.75, 3.05) is 36.9 Å². The maximum atomic E-state index is 12.1. The van der Waals surface area contributed by atoms with Crippen LogP contribution >= 0.6 is 0 Å². The molecule has 1 aromatic carbocycles. The summed E-state index contributed by atoms with van der Waals surface area (Å²) < 4.78 is 29.8. The van der Waals surface area contributed by atoms with Gasteiger partial charge in [0.2, 0.25) is 0 Å². The largest absolute Gasteiger partial charge is 0.373 e. The maximum Gasteiger partial charge on any atom is 0.180 e. The normalized spacial score (nSPS) is 20.5. The highest BCUT2D eigenvalue weighted by molar-refractivity contribution is 7.91. The monoisotopic (exact) mass is 284 g/mol. The second-order valence-electron chi connectivity index (χ2n) is 4.55. The van der Waals surface area contributed by atoms with E-state index in [1.54, 1.807) is 19.1 Å². The van der Waals surface area contributed by atoms with Crippen molar-refractivity contribution < 1.29 is 13.2 Å². The van der Waals surface area contributed by atoms with E-state index in [4.69, 9.17) is 10.5 Å². The predicted octanol–water partition coefficient (Wildman–Crippen LogP) is 0.644. The third-order valence-corrected chi connectivity index (χ3v) is 5.10. The summed E-state index contributed by atoms with van der Waals surface area (Å²) in [4.78, 5) is 2.44. The van der Waals surface area contributed by atoms with Gasteiger partial charge in [0.05, 0.1) is 29.0 Å². The van der Waals surface area contributed by atoms with E-state index >= 15 is 0 Å². The first-order valence-corrected chi connectivity index (χ1v) is 8.12. The molecule has 0 bridgehead atoms. The Morgan fingerprint density at radius 2 is 2.16 bits per heavy atom. The Hall–Kier alpha value is -1.11. The summed E-state index contributed by atoms with van der Waals surface area (Å²) in [5, 5.41) is 0. The van der Waals surface area contributed by atoms with Crippen molar-refractivity contribution in [3.05, 3.63) is 24.3 Å². The molecule has 0 saturated carbocycles. The number of nitrogens with zero attached hydrogens (tertiary/aromatic N) is 1. The fourth-order valence-corrected chi connectivity index (χ4v) is 3.33. The smallest absolute Gasteiger partial charge is 0.180 e. The van der Waals surface area contributed by atoms with Crippen LogP contribution in [0, 0.1) is 0 Å². The maximum absolute atomic E-state index is 12.1. The van der Waals surface area contributed by atoms with Crippen molar-refractivity contribution >= 4 is 15.5 Å². The molecule has 6 heteroatoms. The molecule has 19 heavy (non-hydrogen) atoms. The van der Waals surface area contributed by atoms with Gasteiger partial charge in [0, 0.05) is 19.6 Å². The first kappa shape index (κ1) is 14.3. The third kappa shape index (κ3) is 3.08. The van der Waals surface area contributed by atoms with Gasteiger partial charge in [-0.05, 0) is 12.1 Å². The van der Waals surface area contributed by atoms with Gasteiger partial charge in [0.15, 0.2) is 9.84 Å². The van der Waals surface area contributed by atoms with Crippen molar-refractivity contribution in [3.63, 3.8) is 0 Å². The Bertz CT molecular complexity index is 530. The summed E-state index contributed by atoms with van der Waals surface area (Å²) in [7, 11) is -3.22. The molecule has 1 atom stereocenters. The van der Waals surface area contributed by atoms with E-state index in [0.717, 1.165) is 5.69 Å². The van der Waals surface area contributed by atoms with Gasteiger partial charge in [-0.2, -0.15) is 0 Å². The van der Waals surface area contributed by atoms with Crippen molar-refractivity contribution in [1.29, 1.82) is 0 Å². The van der Waals surface area contributed by atoms with Crippen LogP contribution in [0.25, 0.3) is 0 Å². The number of rotatable bonds is 4. The molecular formula is C13H20N2O3S. The molecule has 1 fully saturated rings. The Kier molecular flexibility index (Phi) is 4.44. The van der Waals surface area contributed by atoms with Crippen LogP contribution in [0.15, 0.2) is 29.2 Å². The molecule has 2 rings (SSSR count). The minimum Gasteiger partial charge on any atom is -0.373 e. The Morgan fingerprint density at radius 3 is 2.84 bits per heavy atom. The quantitative estimate of drug-likeness (QED) is 0.878. The lowest BCUT2D eigenvalue weighted by atomic mass is 10.2. The molecular weight excluding hydrogens is 264 g/mol. The second kappa shape index (κ2) is 5.90. The Morgan fingerprint density at radius 1 is 1.42 bits per heavy atom. The van der Waals surface area contributed by atoms with Crippen LogP contribution in [0.4, 0.5) is 5.69 Å². The number of benzene rings is 1. The third-order valence-electron chi connectivity index (χ3n) is 3.32. The lowest BCUT2D eigenvalue weighted by molar-refractivity contribution is 0.0464. The topological polar surface area (TPSA) is 72.6 Å². The summed E-state index contributed by atoms with van der Waals surface area (Å²) in [5.41, 5.74) is 6.38. The minimum absolute atomic E-state index is 0.0360. The van der Waals surface area contributed by atoms with Crippen molar-refractivity contribution in [3.8, 4) is 0 Å². The van der Waals surface area contributed by atoms with E-state index in [1.807, 2.05) is 17.0 Å². The molecule has 0 radical (unpaired) electrons. The molecule has 1 saturated heterocycles. The van der Waals surface area contributed by atoms with Gasteiger partial charge in [-0.1, -0.05) is 19.1 Å². The molecule has 0 spiro atoms. The molecule has 2 N–H and O–H groups in total. The number of hydrogen-bond acceptors (Lipinski definition) is 5. The van der Waals surface area contributed by atoms with Crippen LogP contribution in [0.3, 0.4) is 0 Å². The van der Waals surface area contributed by atoms with E-state index in [0.29, 0.717) is 31.1 Å². The van der Waals surface area contributed by atoms with Crippen LogP contribution in [-0.4, -0.2) is 46.5 Å². The number of ether oxygens (including phenoxy) is 1. The highest BCUT2D eigenvalue weighted by Gasteiger charge is 2.24. The molecule has 1 aromatic rings. The van der Waals surface area contributed by atoms with E-state index in [-0.39, 0.29) is 11.9 Å². The zero-order valence-electron chi connectivity index (χ0n) is 11.1. The number of hydrogen-bond donors (Lipinski definition) is 1. The van der Waals surface area contributed by atoms with Crippen LogP contribution in [0.1, 0.15) is 6.92 Å². The van der Waals surface area contributed by atoms with Crippen LogP contribution in [0.5, 0.6) is 0 Å². The van der Waals surface area contributed by atoms with Gasteiger partial charge in [0.1, 0.15) is 0 Å². The first-order valence-electron chi connectivity index (χ1n) is 6.47. The van der Waals surface area contributed by atoms with Crippen LogP contribution in [-0.2, 0) is 14.6 Å². The van der Waals surface area contributed by atoms with E-state index in [1.165, 1.54) is 0 Å². The fraction of sp³-hybridized carbons (Fsp3) is 0.538. The van der Waals surface area contributed by atoms with Gasteiger partial charge in [-0.15, -0.1) is 0 Å². The number of morpholine rings is 1. The predicted molar refractivity (Wildman–Crippen MR) is 75.2 cm³/mol. The molecule has 1 aliphatic rings. The molecule has 1 aliphatic heterocycles. The SMILES string of the molecule is CCS(=O)(=O)c1ccccc1N1CCOC(CN)C1. The van der Waals surface area contributed by atoms with Crippen molar-refractivity contribution in [1.82, 2.24) is 0 Å². The summed E-state index contributed by atoms with van der Waals surface area (Å²) in [6.07, 6.45) is -0.0360. The number of anilines is 1. The lowest BCUT2D eigenvalue weighted by Crippen LogP contribution is -2.46. The summed E-state index contributed by atoms with van der Waals surface area (Å²) in [5.74, 6) is 0.106. The highest BCUT2D eigenvalue weighted by Crippen LogP contribution is 2.27. The number of nitrogens with two attached hydrogens (primary N) is 1. The van der Waals surface area contributed by atoms with E-state index < -0.39 is 9.84 Å². The number of sulfone groups is 1. The van der Waals surface area contributed by atoms with Crippen LogP contribution < -0.4 is 10.6 Å². The molecule has 5 nitrogen and oxygen atoms in total. The standard InChI is InChI=1S/C13H20N2O3S/c1-2-19(16,17)13-6-4-3-5-12(13)15-7-8-18-11(9-14)10-15/h3-6,11H,2,7-10,14H2,1H3. The molecule has 0 amide bonds. The summed E-state index contributed by atoms with van der Waals surface area (Å²) in [6.45, 7) is 4.00. The van der Waals surface area contributed by atoms with Crippen LogP contribution in [0.2, 0.25) is 0 Å². The highest BCUT2D eigenvalue weighted by atomic mass is 32.2. The van der Waals surface area contributed by atoms with Gasteiger partial charge < -0.3 is 15.4 Å². The molecule has 106 valence electrons. The van der Waals surface area contributed by atoms with Gasteiger partial charge in [-0.3, -0.25) is 0 Å². The molecule has 1 unspecified atom stereocenters. The van der Waals surface area contributed by atoms with E-state index in [2.05, 4.69) is 0 Å². The number of para-hydroxylation sites is 1. The molecule has 1 heterocycles. The lowest BCUT2D eigenvalue weighted by Gasteiger charge is -2.34. The Balaban J connectivity index is 2.35. The van der Waals surface area contributed by atoms with Gasteiger partial charge in [-0.25, -0.2) is 8.42 Å². The van der Waals surface area contributed by atoms with Crippen molar-refractivity contribution in [2.45, 2.75) is 17.9 Å². The average Bonchev–Trinajstić information content (AvgIpc) is 2.47. The van der Waals surface area contributed by atoms with Crippen molar-refractivity contribution in [2.24, 2.45) is 5.73 Å². The van der Waals surface area contributed by atoms with Gasteiger partial charge >= 0.3 is 0 Å². The Labute approximate surface area is 114 Å². The van der Waals surface area contributed by atoms with E-state index in [9.17, 15) is 8.42 Å². The summed E-state index contributed by atoms with van der Waals surface area (Å²) >= 11 is 0. The summed E-state index contributed by atoms with van der Waals surface area (Å²) in [6, 6.07) is 7.13. The molecule has 0 aliphatic carbocycles. The average molecular weight is 284 g/mol. The minimum atomic E-state index is -3.22. The van der Waals surface area contributed by atoms with Gasteiger partial charge in [0.25, 0.3) is 0 Å². The zero-order valence-corrected chi connectivity index (χ0v) is 11.9. The zero-order chi connectivity index (χ0) is 13.9. The molecule has 0 aromatic heterocycles. The second-order valence-corrected chi connectivity index (χ2v) is 6.79.